The molecule has 0 aliphatic carbocycles. The van der Waals surface area contributed by atoms with Crippen molar-refractivity contribution in [2.75, 3.05) is 17.2 Å². The summed E-state index contributed by atoms with van der Waals surface area (Å²) in [6, 6.07) is 16.7. The van der Waals surface area contributed by atoms with Gasteiger partial charge in [-0.3, -0.25) is 0 Å². The Labute approximate surface area is 224 Å². The van der Waals surface area contributed by atoms with Crippen LogP contribution in [0, 0.1) is 11.8 Å². The van der Waals surface area contributed by atoms with Gasteiger partial charge in [-0.25, -0.2) is 23.5 Å². The number of aromatic nitrogens is 3. The van der Waals surface area contributed by atoms with E-state index >= 15 is 0 Å². The monoisotopic (exact) mass is 554 g/mol. The molecule has 4 rings (SSSR count). The molecule has 8 nitrogen and oxygen atoms in total. The Morgan fingerprint density at radius 1 is 0.923 bits per heavy atom. The van der Waals surface area contributed by atoms with Crippen LogP contribution in [0.25, 0.3) is 22.3 Å². The van der Waals surface area contributed by atoms with Gasteiger partial charge in [0.25, 0.3) is 0 Å². The van der Waals surface area contributed by atoms with E-state index < -0.39 is 22.7 Å². The molecule has 2 aromatic carbocycles. The van der Waals surface area contributed by atoms with Gasteiger partial charge < -0.3 is 10.6 Å². The highest BCUT2D eigenvalue weighted by Crippen LogP contribution is 2.27. The molecule has 0 saturated carbocycles. The van der Waals surface area contributed by atoms with Gasteiger partial charge in [0, 0.05) is 24.1 Å². The quantitative estimate of drug-likeness (QED) is 0.260. The zero-order valence-corrected chi connectivity index (χ0v) is 21.7. The number of rotatable bonds is 8. The first-order valence-corrected chi connectivity index (χ1v) is 13.5. The number of hydrogen-bond acceptors (Lipinski definition) is 7. The van der Waals surface area contributed by atoms with Gasteiger partial charge >= 0.3 is 6.18 Å². The minimum absolute atomic E-state index is 0.0345. The van der Waals surface area contributed by atoms with Crippen LogP contribution in [0.4, 0.5) is 24.9 Å². The van der Waals surface area contributed by atoms with E-state index in [2.05, 4.69) is 44.4 Å². The lowest BCUT2D eigenvalue weighted by atomic mass is 10.1. The zero-order valence-electron chi connectivity index (χ0n) is 20.9. The number of nitrogens with zero attached hydrogens (tertiary/aromatic N) is 3. The summed E-state index contributed by atoms with van der Waals surface area (Å²) in [6.07, 6.45) is -2.68. The molecule has 12 heteroatoms. The van der Waals surface area contributed by atoms with E-state index in [1.54, 1.807) is 24.3 Å². The predicted octanol–water partition coefficient (Wildman–Crippen LogP) is 5.08. The lowest BCUT2D eigenvalue weighted by molar-refractivity contribution is -0.115. The first-order chi connectivity index (χ1) is 18.5. The fraction of sp³-hybridized carbons (Fsp3) is 0.222. The van der Waals surface area contributed by atoms with E-state index in [9.17, 15) is 21.6 Å². The van der Waals surface area contributed by atoms with Crippen molar-refractivity contribution >= 4 is 32.8 Å². The Hall–Kier alpha value is -4.21. The van der Waals surface area contributed by atoms with Gasteiger partial charge in [0.2, 0.25) is 16.0 Å². The third kappa shape index (κ3) is 7.66. The van der Waals surface area contributed by atoms with Crippen LogP contribution in [0.5, 0.6) is 0 Å². The molecule has 0 aliphatic rings. The van der Waals surface area contributed by atoms with Crippen LogP contribution in [0.3, 0.4) is 0 Å². The van der Waals surface area contributed by atoms with E-state index in [1.165, 1.54) is 12.1 Å². The largest absolute Gasteiger partial charge is 0.405 e. The molecule has 2 aromatic heterocycles. The average molecular weight is 555 g/mol. The molecule has 0 saturated heterocycles. The zero-order chi connectivity index (χ0) is 28.0. The molecule has 0 fully saturated rings. The Balaban J connectivity index is 1.62. The van der Waals surface area contributed by atoms with Gasteiger partial charge in [-0.2, -0.15) is 18.2 Å². The molecule has 0 amide bonds. The van der Waals surface area contributed by atoms with E-state index in [4.69, 9.17) is 5.14 Å². The van der Waals surface area contributed by atoms with Gasteiger partial charge in [-0.05, 0) is 48.4 Å². The van der Waals surface area contributed by atoms with Crippen molar-refractivity contribution in [2.24, 2.45) is 5.14 Å². The first kappa shape index (κ1) is 27.8. The van der Waals surface area contributed by atoms with Crippen LogP contribution < -0.4 is 15.8 Å². The topological polar surface area (TPSA) is 123 Å². The second kappa shape index (κ2) is 11.7. The van der Waals surface area contributed by atoms with Crippen LogP contribution in [0.15, 0.2) is 65.6 Å². The minimum Gasteiger partial charge on any atom is -0.359 e. The van der Waals surface area contributed by atoms with Crippen molar-refractivity contribution in [3.05, 3.63) is 71.8 Å². The first-order valence-electron chi connectivity index (χ1n) is 12.0. The number of alkyl halides is 3. The van der Waals surface area contributed by atoms with E-state index in [0.29, 0.717) is 16.8 Å². The molecular weight excluding hydrogens is 529 g/mol. The molecule has 0 spiro atoms. The fourth-order valence-electron chi connectivity index (χ4n) is 3.55. The molecule has 0 atom stereocenters. The summed E-state index contributed by atoms with van der Waals surface area (Å²) in [6.45, 7) is 0.944. The van der Waals surface area contributed by atoms with Gasteiger partial charge in [0.05, 0.1) is 16.1 Å². The number of sulfonamides is 1. The third-order valence-corrected chi connectivity index (χ3v) is 6.42. The van der Waals surface area contributed by atoms with E-state index in [1.807, 2.05) is 24.3 Å². The third-order valence-electron chi connectivity index (χ3n) is 5.49. The van der Waals surface area contributed by atoms with Gasteiger partial charge in [0.15, 0.2) is 5.82 Å². The Morgan fingerprint density at radius 3 is 2.28 bits per heavy atom. The molecule has 4 N–H and O–H groups in total. The number of unbranched alkanes of at least 4 members (excludes halogenated alkanes) is 1. The summed E-state index contributed by atoms with van der Waals surface area (Å²) >= 11 is 0. The highest BCUT2D eigenvalue weighted by atomic mass is 32.2. The number of nitrogens with one attached hydrogen (secondary N) is 2. The summed E-state index contributed by atoms with van der Waals surface area (Å²) in [7, 11) is -3.82. The van der Waals surface area contributed by atoms with Crippen LogP contribution in [0.1, 0.15) is 30.9 Å². The second-order valence-electron chi connectivity index (χ2n) is 8.60. The molecule has 4 aromatic rings. The van der Waals surface area contributed by atoms with E-state index in [0.717, 1.165) is 24.0 Å². The molecule has 0 radical (unpaired) electrons. The molecule has 2 heterocycles. The van der Waals surface area contributed by atoms with Crippen molar-refractivity contribution in [3.63, 3.8) is 0 Å². The van der Waals surface area contributed by atoms with Crippen molar-refractivity contribution in [2.45, 2.75) is 37.4 Å². The van der Waals surface area contributed by atoms with Crippen LogP contribution in [-0.2, 0) is 16.6 Å². The minimum atomic E-state index is -4.47. The number of benzene rings is 2. The predicted molar refractivity (Wildman–Crippen MR) is 144 cm³/mol. The molecule has 0 unspecified atom stereocenters. The van der Waals surface area contributed by atoms with Gasteiger partial charge in [0.1, 0.15) is 12.1 Å². The number of fused-ring (bicyclic) bond motifs is 1. The van der Waals surface area contributed by atoms with E-state index in [-0.39, 0.29) is 28.7 Å². The van der Waals surface area contributed by atoms with Crippen molar-refractivity contribution in [3.8, 4) is 23.1 Å². The van der Waals surface area contributed by atoms with Crippen molar-refractivity contribution in [1.82, 2.24) is 15.0 Å². The average Bonchev–Trinajstić information content (AvgIpc) is 2.90. The Bertz CT molecular complexity index is 1630. The number of hydrogen-bond donors (Lipinski definition) is 3. The molecular formula is C27H25F3N6O2S. The SMILES string of the molecule is CCCC#Cc1ccc(-c2ccc3nc(NCc4ccc(S(N)(=O)=O)cc4)nc(NCC(F)(F)F)c3n2)cc1. The molecule has 0 bridgehead atoms. The normalized spacial score (nSPS) is 11.6. The number of halogens is 3. The summed E-state index contributed by atoms with van der Waals surface area (Å²) < 4.78 is 61.9. The van der Waals surface area contributed by atoms with Gasteiger partial charge in [-0.15, -0.1) is 0 Å². The maximum atomic E-state index is 13.0. The number of nitrogens with two attached hydrogens (primary N) is 1. The van der Waals surface area contributed by atoms with Crippen LogP contribution in [-0.4, -0.2) is 36.1 Å². The fourth-order valence-corrected chi connectivity index (χ4v) is 4.07. The summed E-state index contributed by atoms with van der Waals surface area (Å²) in [5, 5.41) is 10.4. The summed E-state index contributed by atoms with van der Waals surface area (Å²) in [5.41, 5.74) is 3.39. The second-order valence-corrected chi connectivity index (χ2v) is 10.2. The standard InChI is InChI=1S/C27H25F3N6O2S/c1-2-3-4-5-18-6-10-20(11-7-18)22-14-15-23-24(34-22)25(33-17-27(28,29)30)36-26(35-23)32-16-19-8-12-21(13-9-19)39(31,37)38/h6-15H,2-3,16-17H2,1H3,(H2,31,37,38)(H2,32,33,35,36). The van der Waals surface area contributed by atoms with Crippen molar-refractivity contribution < 1.29 is 21.6 Å². The maximum absolute atomic E-state index is 13.0. The number of anilines is 2. The molecule has 202 valence electrons. The lowest BCUT2D eigenvalue weighted by Gasteiger charge is -2.13. The maximum Gasteiger partial charge on any atom is 0.405 e. The number of pyridine rings is 1. The molecule has 39 heavy (non-hydrogen) atoms. The van der Waals surface area contributed by atoms with Crippen molar-refractivity contribution in [1.29, 1.82) is 0 Å². The van der Waals surface area contributed by atoms with Gasteiger partial charge in [-0.1, -0.05) is 43.0 Å². The highest BCUT2D eigenvalue weighted by molar-refractivity contribution is 7.89. The Morgan fingerprint density at radius 2 is 1.64 bits per heavy atom. The summed E-state index contributed by atoms with van der Waals surface area (Å²) in [4.78, 5) is 13.2. The van der Waals surface area contributed by atoms with Crippen LogP contribution >= 0.6 is 0 Å². The lowest BCUT2D eigenvalue weighted by Crippen LogP contribution is -2.22. The smallest absolute Gasteiger partial charge is 0.359 e. The number of primary sulfonamides is 1. The summed E-state index contributed by atoms with van der Waals surface area (Å²) in [5.74, 6) is 6.17. The highest BCUT2D eigenvalue weighted by Gasteiger charge is 2.27. The Kier molecular flexibility index (Phi) is 8.32. The molecule has 0 aliphatic heterocycles. The van der Waals surface area contributed by atoms with Crippen LogP contribution in [0.2, 0.25) is 0 Å².